The number of benzene rings is 1. The predicted molar refractivity (Wildman–Crippen MR) is 87.3 cm³/mol. The van der Waals surface area contributed by atoms with E-state index in [0.717, 1.165) is 5.56 Å². The van der Waals surface area contributed by atoms with Gasteiger partial charge in [-0.15, -0.1) is 11.3 Å². The lowest BCUT2D eigenvalue weighted by Crippen LogP contribution is -2.30. The zero-order valence-electron chi connectivity index (χ0n) is 11.8. The van der Waals surface area contributed by atoms with Crippen molar-refractivity contribution in [1.82, 2.24) is 5.32 Å². The molecule has 1 amide bonds. The van der Waals surface area contributed by atoms with Crippen LogP contribution in [-0.4, -0.2) is 23.4 Å². The SMILES string of the molecule is O=C(CCC(=O)c1cccs1)NC(CO)c1ccc(Cl)cc1. The first kappa shape index (κ1) is 16.7. The van der Waals surface area contributed by atoms with Crippen molar-refractivity contribution in [1.29, 1.82) is 0 Å². The summed E-state index contributed by atoms with van der Waals surface area (Å²) in [7, 11) is 0. The number of rotatable bonds is 7. The predicted octanol–water partition coefficient (Wildman–Crippen LogP) is 3.21. The zero-order chi connectivity index (χ0) is 15.9. The summed E-state index contributed by atoms with van der Waals surface area (Å²) in [5, 5.41) is 14.6. The Morgan fingerprint density at radius 2 is 1.91 bits per heavy atom. The summed E-state index contributed by atoms with van der Waals surface area (Å²) in [4.78, 5) is 24.4. The number of aliphatic hydroxyl groups excluding tert-OH is 1. The molecule has 2 N–H and O–H groups in total. The van der Waals surface area contributed by atoms with Crippen LogP contribution < -0.4 is 5.32 Å². The number of aliphatic hydroxyl groups is 1. The van der Waals surface area contributed by atoms with E-state index in [2.05, 4.69) is 5.32 Å². The van der Waals surface area contributed by atoms with Gasteiger partial charge in [-0.2, -0.15) is 0 Å². The molecule has 6 heteroatoms. The van der Waals surface area contributed by atoms with Crippen molar-refractivity contribution in [2.24, 2.45) is 0 Å². The smallest absolute Gasteiger partial charge is 0.221 e. The van der Waals surface area contributed by atoms with Crippen LogP contribution in [0.5, 0.6) is 0 Å². The molecule has 0 saturated heterocycles. The molecule has 2 rings (SSSR count). The molecule has 0 spiro atoms. The van der Waals surface area contributed by atoms with Crippen LogP contribution in [0.3, 0.4) is 0 Å². The third-order valence-corrected chi connectivity index (χ3v) is 4.33. The molecular formula is C16H16ClNO3S. The van der Waals surface area contributed by atoms with Crippen molar-refractivity contribution in [3.05, 3.63) is 57.2 Å². The summed E-state index contributed by atoms with van der Waals surface area (Å²) in [5.41, 5.74) is 0.768. The maximum Gasteiger partial charge on any atom is 0.221 e. The van der Waals surface area contributed by atoms with E-state index in [9.17, 15) is 14.7 Å². The maximum absolute atomic E-state index is 11.9. The van der Waals surface area contributed by atoms with E-state index >= 15 is 0 Å². The summed E-state index contributed by atoms with van der Waals surface area (Å²) in [6.45, 7) is -0.216. The molecule has 116 valence electrons. The maximum atomic E-state index is 11.9. The molecular weight excluding hydrogens is 322 g/mol. The summed E-state index contributed by atoms with van der Waals surface area (Å²) in [5.74, 6) is -0.309. The number of carbonyl (C=O) groups excluding carboxylic acids is 2. The highest BCUT2D eigenvalue weighted by atomic mass is 35.5. The van der Waals surface area contributed by atoms with Crippen molar-refractivity contribution < 1.29 is 14.7 Å². The number of ketones is 1. The Labute approximate surface area is 137 Å². The van der Waals surface area contributed by atoms with Crippen LogP contribution in [0.25, 0.3) is 0 Å². The largest absolute Gasteiger partial charge is 0.394 e. The zero-order valence-corrected chi connectivity index (χ0v) is 13.4. The molecule has 4 nitrogen and oxygen atoms in total. The van der Waals surface area contributed by atoms with Crippen LogP contribution in [0.4, 0.5) is 0 Å². The number of halogens is 1. The van der Waals surface area contributed by atoms with Crippen molar-refractivity contribution >= 4 is 34.6 Å². The Morgan fingerprint density at radius 1 is 1.18 bits per heavy atom. The van der Waals surface area contributed by atoms with Gasteiger partial charge in [0.05, 0.1) is 17.5 Å². The first-order chi connectivity index (χ1) is 10.6. The first-order valence-electron chi connectivity index (χ1n) is 6.82. The molecule has 22 heavy (non-hydrogen) atoms. The van der Waals surface area contributed by atoms with Gasteiger partial charge in [-0.25, -0.2) is 0 Å². The number of thiophene rings is 1. The highest BCUT2D eigenvalue weighted by molar-refractivity contribution is 7.12. The Morgan fingerprint density at radius 3 is 2.50 bits per heavy atom. The van der Waals surface area contributed by atoms with Crippen molar-refractivity contribution in [3.63, 3.8) is 0 Å². The van der Waals surface area contributed by atoms with Gasteiger partial charge in [0.2, 0.25) is 5.91 Å². The molecule has 1 heterocycles. The molecule has 0 aliphatic heterocycles. The van der Waals surface area contributed by atoms with E-state index in [1.54, 1.807) is 36.4 Å². The average Bonchev–Trinajstić information content (AvgIpc) is 3.05. The number of Topliss-reactive ketones (excluding diaryl/α,β-unsaturated/α-hetero) is 1. The van der Waals surface area contributed by atoms with E-state index < -0.39 is 6.04 Å². The molecule has 0 aliphatic carbocycles. The van der Waals surface area contributed by atoms with Gasteiger partial charge in [0.15, 0.2) is 5.78 Å². The molecule has 0 saturated carbocycles. The lowest BCUT2D eigenvalue weighted by molar-refractivity contribution is -0.122. The Balaban J connectivity index is 1.87. The first-order valence-corrected chi connectivity index (χ1v) is 8.08. The van der Waals surface area contributed by atoms with E-state index in [1.165, 1.54) is 11.3 Å². The van der Waals surface area contributed by atoms with Crippen molar-refractivity contribution in [3.8, 4) is 0 Å². The highest BCUT2D eigenvalue weighted by Crippen LogP contribution is 2.17. The number of hydrogen-bond acceptors (Lipinski definition) is 4. The number of nitrogens with one attached hydrogen (secondary N) is 1. The summed E-state index contributed by atoms with van der Waals surface area (Å²) in [6.07, 6.45) is 0.256. The Hall–Kier alpha value is -1.69. The molecule has 1 unspecified atom stereocenters. The van der Waals surface area contributed by atoms with Crippen LogP contribution in [0.2, 0.25) is 5.02 Å². The lowest BCUT2D eigenvalue weighted by atomic mass is 10.1. The average molecular weight is 338 g/mol. The van der Waals surface area contributed by atoms with Gasteiger partial charge in [0, 0.05) is 17.9 Å². The van der Waals surface area contributed by atoms with Gasteiger partial charge >= 0.3 is 0 Å². The summed E-state index contributed by atoms with van der Waals surface area (Å²) < 4.78 is 0. The Kier molecular flexibility index (Phi) is 6.12. The van der Waals surface area contributed by atoms with Gasteiger partial charge < -0.3 is 10.4 Å². The second-order valence-electron chi connectivity index (χ2n) is 4.75. The van der Waals surface area contributed by atoms with E-state index in [1.807, 2.05) is 5.38 Å². The normalized spacial score (nSPS) is 11.9. The molecule has 1 atom stereocenters. The van der Waals surface area contributed by atoms with E-state index in [4.69, 9.17) is 11.6 Å². The van der Waals surface area contributed by atoms with Gasteiger partial charge in [0.1, 0.15) is 0 Å². The third-order valence-electron chi connectivity index (χ3n) is 3.17. The van der Waals surface area contributed by atoms with Crippen molar-refractivity contribution in [2.75, 3.05) is 6.61 Å². The van der Waals surface area contributed by atoms with Crippen LogP contribution in [-0.2, 0) is 4.79 Å². The standard InChI is InChI=1S/C16H16ClNO3S/c17-12-5-3-11(4-6-12)13(10-19)18-16(21)8-7-14(20)15-2-1-9-22-15/h1-6,9,13,19H,7-8,10H2,(H,18,21). The summed E-state index contributed by atoms with van der Waals surface area (Å²) >= 11 is 7.18. The van der Waals surface area contributed by atoms with Crippen LogP contribution >= 0.6 is 22.9 Å². The monoisotopic (exact) mass is 337 g/mol. The van der Waals surface area contributed by atoms with Gasteiger partial charge in [-0.05, 0) is 29.1 Å². The second kappa shape index (κ2) is 8.08. The third kappa shape index (κ3) is 4.66. The minimum Gasteiger partial charge on any atom is -0.394 e. The molecule has 1 aromatic carbocycles. The van der Waals surface area contributed by atoms with Gasteiger partial charge in [0.25, 0.3) is 0 Å². The molecule has 0 fully saturated rings. The fourth-order valence-corrected chi connectivity index (χ4v) is 2.80. The topological polar surface area (TPSA) is 66.4 Å². The van der Waals surface area contributed by atoms with Crippen LogP contribution in [0, 0.1) is 0 Å². The van der Waals surface area contributed by atoms with Crippen molar-refractivity contribution in [2.45, 2.75) is 18.9 Å². The molecule has 1 aromatic heterocycles. The quantitative estimate of drug-likeness (QED) is 0.762. The Bertz CT molecular complexity index is 625. The van der Waals surface area contributed by atoms with Gasteiger partial charge in [-0.1, -0.05) is 29.8 Å². The van der Waals surface area contributed by atoms with Crippen LogP contribution in [0.1, 0.15) is 34.1 Å². The highest BCUT2D eigenvalue weighted by Gasteiger charge is 2.15. The van der Waals surface area contributed by atoms with Gasteiger partial charge in [-0.3, -0.25) is 9.59 Å². The van der Waals surface area contributed by atoms with E-state index in [-0.39, 0.29) is 31.1 Å². The second-order valence-corrected chi connectivity index (χ2v) is 6.14. The van der Waals surface area contributed by atoms with E-state index in [0.29, 0.717) is 9.90 Å². The number of amides is 1. The minimum atomic E-state index is -0.499. The lowest BCUT2D eigenvalue weighted by Gasteiger charge is -2.16. The molecule has 0 aliphatic rings. The summed E-state index contributed by atoms with van der Waals surface area (Å²) in [6, 6.07) is 9.95. The minimum absolute atomic E-state index is 0.0443. The molecule has 2 aromatic rings. The van der Waals surface area contributed by atoms with Crippen LogP contribution in [0.15, 0.2) is 41.8 Å². The fourth-order valence-electron chi connectivity index (χ4n) is 1.98. The molecule has 0 bridgehead atoms. The fraction of sp³-hybridized carbons (Fsp3) is 0.250. The number of hydrogen-bond donors (Lipinski definition) is 2. The molecule has 0 radical (unpaired) electrons. The number of carbonyl (C=O) groups is 2.